The summed E-state index contributed by atoms with van der Waals surface area (Å²) in [7, 11) is 2.70. The van der Waals surface area contributed by atoms with Gasteiger partial charge in [0.05, 0.1) is 20.6 Å². The molecule has 0 radical (unpaired) electrons. The first-order valence-electron chi connectivity index (χ1n) is 5.26. The molecular weight excluding hydrogens is 238 g/mol. The molecule has 0 fully saturated rings. The number of nitrogens with two attached hydrogens (primary N) is 1. The molecule has 6 nitrogen and oxygen atoms in total. The molecule has 1 rings (SSSR count). The maximum atomic E-state index is 11.7. The molecule has 0 saturated heterocycles. The Morgan fingerprint density at radius 2 is 2.00 bits per heavy atom. The Balaban J connectivity index is 2.64. The van der Waals surface area contributed by atoms with Crippen LogP contribution in [0.4, 0.5) is 5.69 Å². The highest BCUT2D eigenvalue weighted by molar-refractivity contribution is 5.93. The molecule has 1 aromatic carbocycles. The highest BCUT2D eigenvalue weighted by Gasteiger charge is 2.14. The van der Waals surface area contributed by atoms with E-state index in [0.717, 1.165) is 0 Å². The monoisotopic (exact) mass is 253 g/mol. The van der Waals surface area contributed by atoms with Crippen LogP contribution in [0.5, 0.6) is 5.75 Å². The molecule has 2 N–H and O–H groups in total. The van der Waals surface area contributed by atoms with Gasteiger partial charge in [-0.2, -0.15) is 0 Å². The number of carbonyl (C=O) groups excluding carboxylic acids is 2. The lowest BCUT2D eigenvalue weighted by Crippen LogP contribution is -2.12. The lowest BCUT2D eigenvalue weighted by atomic mass is 10.2. The molecule has 0 aliphatic rings. The van der Waals surface area contributed by atoms with Crippen molar-refractivity contribution in [3.63, 3.8) is 0 Å². The number of nitrogen functional groups attached to an aromatic ring is 1. The molecule has 0 aromatic heterocycles. The highest BCUT2D eigenvalue weighted by Crippen LogP contribution is 2.22. The van der Waals surface area contributed by atoms with Crippen molar-refractivity contribution in [2.75, 3.05) is 26.6 Å². The molecule has 0 unspecified atom stereocenters. The van der Waals surface area contributed by atoms with E-state index in [4.69, 9.17) is 15.2 Å². The van der Waals surface area contributed by atoms with Crippen molar-refractivity contribution in [2.45, 2.75) is 6.42 Å². The third-order valence-electron chi connectivity index (χ3n) is 2.21. The standard InChI is InChI=1S/C12H15NO5/c1-16-10-7-8(13)3-4-9(10)12(15)18-6-5-11(14)17-2/h3-4,7H,5-6,13H2,1-2H3. The van der Waals surface area contributed by atoms with Crippen LogP contribution in [0.15, 0.2) is 18.2 Å². The molecule has 0 spiro atoms. The Morgan fingerprint density at radius 1 is 1.28 bits per heavy atom. The smallest absolute Gasteiger partial charge is 0.341 e. The number of benzene rings is 1. The van der Waals surface area contributed by atoms with Crippen molar-refractivity contribution in [1.29, 1.82) is 0 Å². The van der Waals surface area contributed by atoms with Crippen molar-refractivity contribution >= 4 is 17.6 Å². The van der Waals surface area contributed by atoms with Gasteiger partial charge in [0.25, 0.3) is 0 Å². The summed E-state index contributed by atoms with van der Waals surface area (Å²) >= 11 is 0. The van der Waals surface area contributed by atoms with Gasteiger partial charge in [-0.15, -0.1) is 0 Å². The van der Waals surface area contributed by atoms with Gasteiger partial charge < -0.3 is 19.9 Å². The fourth-order valence-electron chi connectivity index (χ4n) is 1.28. The molecular formula is C12H15NO5. The molecule has 0 saturated carbocycles. The lowest BCUT2D eigenvalue weighted by molar-refractivity contribution is -0.141. The second-order valence-electron chi connectivity index (χ2n) is 3.42. The Hall–Kier alpha value is -2.24. The van der Waals surface area contributed by atoms with Crippen LogP contribution in [0.1, 0.15) is 16.8 Å². The summed E-state index contributed by atoms with van der Waals surface area (Å²) in [5.41, 5.74) is 6.31. The number of esters is 2. The number of carbonyl (C=O) groups is 2. The molecule has 1 aromatic rings. The zero-order chi connectivity index (χ0) is 13.5. The molecule has 0 amide bonds. The van der Waals surface area contributed by atoms with Crippen molar-refractivity contribution < 1.29 is 23.8 Å². The molecule has 0 aliphatic heterocycles. The fourth-order valence-corrected chi connectivity index (χ4v) is 1.28. The number of methoxy groups -OCH3 is 2. The minimum absolute atomic E-state index is 0.0134. The second kappa shape index (κ2) is 6.48. The van der Waals surface area contributed by atoms with Gasteiger partial charge in [-0.1, -0.05) is 0 Å². The third-order valence-corrected chi connectivity index (χ3v) is 2.21. The Labute approximate surface area is 105 Å². The van der Waals surface area contributed by atoms with Crippen LogP contribution in [-0.2, 0) is 14.3 Å². The zero-order valence-corrected chi connectivity index (χ0v) is 10.3. The first-order chi connectivity index (χ1) is 8.58. The first kappa shape index (κ1) is 13.8. The number of rotatable bonds is 5. The van der Waals surface area contributed by atoms with Crippen LogP contribution < -0.4 is 10.5 Å². The molecule has 0 heterocycles. The Bertz CT molecular complexity index is 444. The van der Waals surface area contributed by atoms with Crippen molar-refractivity contribution in [3.8, 4) is 5.75 Å². The van der Waals surface area contributed by atoms with Crippen LogP contribution in [0.2, 0.25) is 0 Å². The highest BCUT2D eigenvalue weighted by atomic mass is 16.5. The van der Waals surface area contributed by atoms with Crippen molar-refractivity contribution in [3.05, 3.63) is 23.8 Å². The predicted octanol–water partition coefficient (Wildman–Crippen LogP) is 0.997. The van der Waals surface area contributed by atoms with Crippen LogP contribution in [0.25, 0.3) is 0 Å². The van der Waals surface area contributed by atoms with Crippen LogP contribution in [0.3, 0.4) is 0 Å². The van der Waals surface area contributed by atoms with Gasteiger partial charge in [0.1, 0.15) is 17.9 Å². The van der Waals surface area contributed by atoms with E-state index >= 15 is 0 Å². The number of hydrogen-bond donors (Lipinski definition) is 1. The van der Waals surface area contributed by atoms with Crippen LogP contribution in [0, 0.1) is 0 Å². The summed E-state index contributed by atoms with van der Waals surface area (Å²) < 4.78 is 14.4. The van der Waals surface area contributed by atoms with E-state index in [1.165, 1.54) is 26.4 Å². The Kier molecular flexibility index (Phi) is 4.98. The summed E-state index contributed by atoms with van der Waals surface area (Å²) in [6.07, 6.45) is 0.0134. The third kappa shape index (κ3) is 3.65. The number of ether oxygens (including phenoxy) is 3. The van der Waals surface area contributed by atoms with Gasteiger partial charge in [-0.05, 0) is 12.1 Å². The molecule has 0 aliphatic carbocycles. The van der Waals surface area contributed by atoms with Crippen molar-refractivity contribution in [2.24, 2.45) is 0 Å². The summed E-state index contributed by atoms with van der Waals surface area (Å²) in [4.78, 5) is 22.6. The summed E-state index contributed by atoms with van der Waals surface area (Å²) in [5, 5.41) is 0. The van der Waals surface area contributed by atoms with E-state index in [0.29, 0.717) is 11.4 Å². The van der Waals surface area contributed by atoms with Gasteiger partial charge in [0.15, 0.2) is 0 Å². The van der Waals surface area contributed by atoms with Crippen molar-refractivity contribution in [1.82, 2.24) is 0 Å². The quantitative estimate of drug-likeness (QED) is 0.622. The normalized spacial score (nSPS) is 9.67. The van der Waals surface area contributed by atoms with Gasteiger partial charge in [-0.25, -0.2) is 4.79 Å². The first-order valence-corrected chi connectivity index (χ1v) is 5.26. The summed E-state index contributed by atoms with van der Waals surface area (Å²) in [6.45, 7) is -0.0426. The minimum Gasteiger partial charge on any atom is -0.496 e. The SMILES string of the molecule is COC(=O)CCOC(=O)c1ccc(N)cc1OC. The number of hydrogen-bond acceptors (Lipinski definition) is 6. The largest absolute Gasteiger partial charge is 0.496 e. The van der Waals surface area contributed by atoms with E-state index in [-0.39, 0.29) is 18.6 Å². The van der Waals surface area contributed by atoms with Crippen LogP contribution >= 0.6 is 0 Å². The maximum absolute atomic E-state index is 11.7. The zero-order valence-electron chi connectivity index (χ0n) is 10.3. The summed E-state index contributed by atoms with van der Waals surface area (Å²) in [6, 6.07) is 4.60. The van der Waals surface area contributed by atoms with E-state index in [1.807, 2.05) is 0 Å². The molecule has 0 bridgehead atoms. The molecule has 18 heavy (non-hydrogen) atoms. The van der Waals surface area contributed by atoms with E-state index in [9.17, 15) is 9.59 Å². The van der Waals surface area contributed by atoms with Gasteiger partial charge in [0.2, 0.25) is 0 Å². The average Bonchev–Trinajstić information content (AvgIpc) is 2.37. The predicted molar refractivity (Wildman–Crippen MR) is 64.3 cm³/mol. The lowest BCUT2D eigenvalue weighted by Gasteiger charge is -2.09. The molecule has 6 heteroatoms. The number of anilines is 1. The van der Waals surface area contributed by atoms with E-state index in [2.05, 4.69) is 4.74 Å². The topological polar surface area (TPSA) is 87.9 Å². The second-order valence-corrected chi connectivity index (χ2v) is 3.42. The Morgan fingerprint density at radius 3 is 2.61 bits per heavy atom. The van der Waals surface area contributed by atoms with Gasteiger partial charge >= 0.3 is 11.9 Å². The maximum Gasteiger partial charge on any atom is 0.341 e. The average molecular weight is 253 g/mol. The molecule has 98 valence electrons. The molecule has 0 atom stereocenters. The minimum atomic E-state index is -0.573. The summed E-state index contributed by atoms with van der Waals surface area (Å²) in [5.74, 6) is -0.680. The van der Waals surface area contributed by atoms with Gasteiger partial charge in [-0.3, -0.25) is 4.79 Å². The fraction of sp³-hybridized carbons (Fsp3) is 0.333. The van der Waals surface area contributed by atoms with E-state index < -0.39 is 11.9 Å². The van der Waals surface area contributed by atoms with E-state index in [1.54, 1.807) is 6.07 Å². The van der Waals surface area contributed by atoms with Gasteiger partial charge in [0, 0.05) is 11.8 Å². The van der Waals surface area contributed by atoms with Crippen LogP contribution in [-0.4, -0.2) is 32.8 Å².